The highest BCUT2D eigenvalue weighted by atomic mass is 15.2. The van der Waals surface area contributed by atoms with Crippen molar-refractivity contribution < 1.29 is 0 Å². The lowest BCUT2D eigenvalue weighted by Gasteiger charge is -2.31. The molecule has 1 fully saturated rings. The van der Waals surface area contributed by atoms with Crippen LogP contribution in [0.2, 0.25) is 0 Å². The predicted octanol–water partition coefficient (Wildman–Crippen LogP) is 0.910. The van der Waals surface area contributed by atoms with Crippen LogP contribution >= 0.6 is 0 Å². The molecule has 2 aromatic rings. The molecule has 1 N–H and O–H groups in total. The molecule has 0 saturated carbocycles. The number of aromatic nitrogens is 2. The summed E-state index contributed by atoms with van der Waals surface area (Å²) < 4.78 is 2.08. The van der Waals surface area contributed by atoms with Crippen LogP contribution < -0.4 is 5.32 Å². The van der Waals surface area contributed by atoms with Crippen LogP contribution in [-0.4, -0.2) is 41.0 Å². The van der Waals surface area contributed by atoms with Crippen molar-refractivity contribution in [3.8, 4) is 0 Å². The predicted molar refractivity (Wildman–Crippen MR) is 63.4 cm³/mol. The number of piperazine rings is 1. The SMILES string of the molecule is CN1CCNC(c2cccn3ccnc23)C1. The Morgan fingerprint density at radius 2 is 2.38 bits per heavy atom. The van der Waals surface area contributed by atoms with Gasteiger partial charge in [0.2, 0.25) is 0 Å². The van der Waals surface area contributed by atoms with Crippen LogP contribution in [0.4, 0.5) is 0 Å². The number of imidazole rings is 1. The van der Waals surface area contributed by atoms with Crippen molar-refractivity contribution in [2.75, 3.05) is 26.7 Å². The van der Waals surface area contributed by atoms with Crippen LogP contribution in [0.15, 0.2) is 30.7 Å². The van der Waals surface area contributed by atoms with E-state index in [0.717, 1.165) is 25.3 Å². The fraction of sp³-hybridized carbons (Fsp3) is 0.417. The molecular formula is C12H16N4. The van der Waals surface area contributed by atoms with Crippen molar-refractivity contribution >= 4 is 5.65 Å². The number of rotatable bonds is 1. The van der Waals surface area contributed by atoms with E-state index in [0.29, 0.717) is 6.04 Å². The van der Waals surface area contributed by atoms with E-state index in [-0.39, 0.29) is 0 Å². The van der Waals surface area contributed by atoms with Gasteiger partial charge in [-0.3, -0.25) is 0 Å². The average Bonchev–Trinajstić information content (AvgIpc) is 2.76. The maximum absolute atomic E-state index is 4.42. The van der Waals surface area contributed by atoms with Crippen LogP contribution in [0.3, 0.4) is 0 Å². The van der Waals surface area contributed by atoms with Crippen molar-refractivity contribution in [2.45, 2.75) is 6.04 Å². The van der Waals surface area contributed by atoms with Crippen LogP contribution in [0, 0.1) is 0 Å². The van der Waals surface area contributed by atoms with Crippen LogP contribution in [0.5, 0.6) is 0 Å². The van der Waals surface area contributed by atoms with Gasteiger partial charge in [-0.2, -0.15) is 0 Å². The fourth-order valence-electron chi connectivity index (χ4n) is 2.35. The Balaban J connectivity index is 2.01. The zero-order chi connectivity index (χ0) is 11.0. The third-order valence-corrected chi connectivity index (χ3v) is 3.20. The Morgan fingerprint density at radius 3 is 3.25 bits per heavy atom. The molecule has 2 aromatic heterocycles. The lowest BCUT2D eigenvalue weighted by molar-refractivity contribution is 0.241. The normalized spacial score (nSPS) is 22.7. The van der Waals surface area contributed by atoms with Crippen LogP contribution in [-0.2, 0) is 0 Å². The smallest absolute Gasteiger partial charge is 0.141 e. The quantitative estimate of drug-likeness (QED) is 0.769. The largest absolute Gasteiger partial charge is 0.307 e. The Morgan fingerprint density at radius 1 is 1.44 bits per heavy atom. The second-order valence-corrected chi connectivity index (χ2v) is 4.39. The van der Waals surface area contributed by atoms with Gasteiger partial charge in [-0.05, 0) is 13.1 Å². The summed E-state index contributed by atoms with van der Waals surface area (Å²) in [6.45, 7) is 3.21. The summed E-state index contributed by atoms with van der Waals surface area (Å²) in [7, 11) is 2.17. The van der Waals surface area contributed by atoms with E-state index < -0.39 is 0 Å². The molecule has 0 spiro atoms. The van der Waals surface area contributed by atoms with Gasteiger partial charge in [0.25, 0.3) is 0 Å². The molecule has 4 nitrogen and oxygen atoms in total. The second kappa shape index (κ2) is 3.88. The molecule has 1 saturated heterocycles. The monoisotopic (exact) mass is 216 g/mol. The van der Waals surface area contributed by atoms with Gasteiger partial charge in [0, 0.05) is 49.8 Å². The maximum Gasteiger partial charge on any atom is 0.141 e. The first-order valence-electron chi connectivity index (χ1n) is 5.68. The first-order chi connectivity index (χ1) is 7.84. The van der Waals surface area contributed by atoms with E-state index in [1.807, 2.05) is 18.6 Å². The number of fused-ring (bicyclic) bond motifs is 1. The van der Waals surface area contributed by atoms with E-state index in [1.165, 1.54) is 5.56 Å². The van der Waals surface area contributed by atoms with Crippen molar-refractivity contribution in [1.82, 2.24) is 19.6 Å². The van der Waals surface area contributed by atoms with Crippen LogP contribution in [0.1, 0.15) is 11.6 Å². The molecule has 1 aliphatic heterocycles. The molecule has 0 bridgehead atoms. The molecule has 1 atom stereocenters. The van der Waals surface area contributed by atoms with E-state index in [1.54, 1.807) is 0 Å². The molecule has 1 aliphatic rings. The first-order valence-corrected chi connectivity index (χ1v) is 5.68. The lowest BCUT2D eigenvalue weighted by atomic mass is 10.1. The van der Waals surface area contributed by atoms with Gasteiger partial charge in [-0.15, -0.1) is 0 Å². The van der Waals surface area contributed by atoms with Crippen molar-refractivity contribution in [1.29, 1.82) is 0 Å². The van der Waals surface area contributed by atoms with Gasteiger partial charge in [-0.1, -0.05) is 6.07 Å². The fourth-order valence-corrected chi connectivity index (χ4v) is 2.35. The number of pyridine rings is 1. The van der Waals surface area contributed by atoms with E-state index in [2.05, 4.69) is 38.8 Å². The zero-order valence-electron chi connectivity index (χ0n) is 9.43. The first kappa shape index (κ1) is 9.81. The minimum absolute atomic E-state index is 0.393. The minimum atomic E-state index is 0.393. The van der Waals surface area contributed by atoms with Gasteiger partial charge in [-0.25, -0.2) is 4.98 Å². The molecule has 0 amide bonds. The van der Waals surface area contributed by atoms with Crippen LogP contribution in [0.25, 0.3) is 5.65 Å². The molecule has 0 radical (unpaired) electrons. The van der Waals surface area contributed by atoms with Gasteiger partial charge in [0.1, 0.15) is 5.65 Å². The summed E-state index contributed by atoms with van der Waals surface area (Å²) in [4.78, 5) is 6.78. The third kappa shape index (κ3) is 1.60. The molecule has 4 heteroatoms. The summed E-state index contributed by atoms with van der Waals surface area (Å²) in [6.07, 6.45) is 5.88. The Bertz CT molecular complexity index is 490. The van der Waals surface area contributed by atoms with Gasteiger partial charge < -0.3 is 14.6 Å². The molecule has 0 aliphatic carbocycles. The number of likely N-dealkylation sites (N-methyl/N-ethyl adjacent to an activating group) is 1. The highest BCUT2D eigenvalue weighted by molar-refractivity contribution is 5.49. The van der Waals surface area contributed by atoms with Gasteiger partial charge >= 0.3 is 0 Å². The molecule has 16 heavy (non-hydrogen) atoms. The Labute approximate surface area is 94.9 Å². The zero-order valence-corrected chi connectivity index (χ0v) is 9.43. The van der Waals surface area contributed by atoms with Crippen molar-refractivity contribution in [2.24, 2.45) is 0 Å². The lowest BCUT2D eigenvalue weighted by Crippen LogP contribution is -2.43. The Hall–Kier alpha value is -1.39. The number of hydrogen-bond donors (Lipinski definition) is 1. The van der Waals surface area contributed by atoms with Crippen molar-refractivity contribution in [3.63, 3.8) is 0 Å². The highest BCUT2D eigenvalue weighted by Gasteiger charge is 2.20. The van der Waals surface area contributed by atoms with Gasteiger partial charge in [0.05, 0.1) is 0 Å². The maximum atomic E-state index is 4.42. The summed E-state index contributed by atoms with van der Waals surface area (Å²) in [6, 6.07) is 4.64. The number of hydrogen-bond acceptors (Lipinski definition) is 3. The molecule has 3 heterocycles. The van der Waals surface area contributed by atoms with Crippen molar-refractivity contribution in [3.05, 3.63) is 36.3 Å². The minimum Gasteiger partial charge on any atom is -0.307 e. The standard InChI is InChI=1S/C12H16N4/c1-15-7-4-13-11(9-15)10-3-2-6-16-8-5-14-12(10)16/h2-3,5-6,8,11,13H,4,7,9H2,1H3. The summed E-state index contributed by atoms with van der Waals surface area (Å²) in [5, 5.41) is 3.55. The summed E-state index contributed by atoms with van der Waals surface area (Å²) in [5.74, 6) is 0. The van der Waals surface area contributed by atoms with E-state index in [9.17, 15) is 0 Å². The molecular weight excluding hydrogens is 200 g/mol. The topological polar surface area (TPSA) is 32.6 Å². The van der Waals surface area contributed by atoms with Gasteiger partial charge in [0.15, 0.2) is 0 Å². The summed E-state index contributed by atoms with van der Waals surface area (Å²) >= 11 is 0. The highest BCUT2D eigenvalue weighted by Crippen LogP contribution is 2.20. The molecule has 84 valence electrons. The molecule has 0 aromatic carbocycles. The Kier molecular flexibility index (Phi) is 2.38. The average molecular weight is 216 g/mol. The number of nitrogens with one attached hydrogen (secondary N) is 1. The third-order valence-electron chi connectivity index (χ3n) is 3.20. The van der Waals surface area contributed by atoms with E-state index >= 15 is 0 Å². The molecule has 3 rings (SSSR count). The second-order valence-electron chi connectivity index (χ2n) is 4.39. The summed E-state index contributed by atoms with van der Waals surface area (Å²) in [5.41, 5.74) is 2.36. The number of nitrogens with zero attached hydrogens (tertiary/aromatic N) is 3. The van der Waals surface area contributed by atoms with E-state index in [4.69, 9.17) is 0 Å². The molecule has 1 unspecified atom stereocenters.